The first-order valence-corrected chi connectivity index (χ1v) is 8.54. The van der Waals surface area contributed by atoms with Gasteiger partial charge in [-0.15, -0.1) is 12.4 Å². The van der Waals surface area contributed by atoms with Crippen molar-refractivity contribution in [3.05, 3.63) is 24.3 Å². The molecule has 0 heterocycles. The highest BCUT2D eigenvalue weighted by Crippen LogP contribution is 2.17. The zero-order valence-corrected chi connectivity index (χ0v) is 15.9. The van der Waals surface area contributed by atoms with Crippen LogP contribution in [0.3, 0.4) is 0 Å². The summed E-state index contributed by atoms with van der Waals surface area (Å²) in [5.41, 5.74) is 0. The van der Waals surface area contributed by atoms with Gasteiger partial charge in [0.1, 0.15) is 11.5 Å². The quantitative estimate of drug-likeness (QED) is 0.583. The van der Waals surface area contributed by atoms with E-state index in [0.29, 0.717) is 12.3 Å². The van der Waals surface area contributed by atoms with E-state index in [0.717, 1.165) is 44.8 Å². The molecule has 0 fully saturated rings. The van der Waals surface area contributed by atoms with Gasteiger partial charge in [0.15, 0.2) is 6.61 Å². The summed E-state index contributed by atoms with van der Waals surface area (Å²) in [5, 5.41) is 2.87. The fourth-order valence-corrected chi connectivity index (χ4v) is 2.06. The molecule has 1 amide bonds. The number of amides is 1. The predicted molar refractivity (Wildman–Crippen MR) is 100 cm³/mol. The van der Waals surface area contributed by atoms with Gasteiger partial charge in [-0.25, -0.2) is 0 Å². The molecular weight excluding hydrogens is 328 g/mol. The normalized spacial score (nSPS) is 10.2. The number of carbonyl (C=O) groups is 1. The van der Waals surface area contributed by atoms with E-state index >= 15 is 0 Å². The van der Waals surface area contributed by atoms with E-state index in [4.69, 9.17) is 9.47 Å². The van der Waals surface area contributed by atoms with Gasteiger partial charge in [-0.1, -0.05) is 27.2 Å². The highest BCUT2D eigenvalue weighted by molar-refractivity contribution is 5.85. The van der Waals surface area contributed by atoms with Crippen molar-refractivity contribution in [1.82, 2.24) is 10.2 Å². The minimum atomic E-state index is -0.0968. The van der Waals surface area contributed by atoms with Gasteiger partial charge in [0.25, 0.3) is 5.91 Å². The number of nitrogens with one attached hydrogen (secondary N) is 1. The molecule has 138 valence electrons. The zero-order valence-electron chi connectivity index (χ0n) is 15.0. The molecule has 1 aromatic rings. The summed E-state index contributed by atoms with van der Waals surface area (Å²) in [5.74, 6) is 1.40. The van der Waals surface area contributed by atoms with Gasteiger partial charge >= 0.3 is 0 Å². The molecule has 0 saturated carbocycles. The lowest BCUT2D eigenvalue weighted by Gasteiger charge is -2.18. The second-order valence-electron chi connectivity index (χ2n) is 5.34. The van der Waals surface area contributed by atoms with Gasteiger partial charge in [-0.05, 0) is 43.8 Å². The molecule has 1 N–H and O–H groups in total. The number of rotatable bonds is 12. The molecule has 0 bridgehead atoms. The van der Waals surface area contributed by atoms with Gasteiger partial charge in [0.2, 0.25) is 0 Å². The molecule has 0 unspecified atom stereocenters. The van der Waals surface area contributed by atoms with Gasteiger partial charge in [-0.2, -0.15) is 0 Å². The minimum absolute atomic E-state index is 0. The standard InChI is InChI=1S/C18H30N2O3.ClH/c1-4-7-14-22-16-8-10-17(11-9-16)23-15-18(21)19-12-13-20(5-2)6-3;/h8-11H,4-7,12-15H2,1-3H3,(H,19,21);1H. The van der Waals surface area contributed by atoms with Crippen LogP contribution in [-0.2, 0) is 4.79 Å². The first-order valence-electron chi connectivity index (χ1n) is 8.54. The van der Waals surface area contributed by atoms with E-state index in [1.807, 2.05) is 24.3 Å². The Labute approximate surface area is 152 Å². The van der Waals surface area contributed by atoms with Crippen LogP contribution in [0.4, 0.5) is 0 Å². The molecule has 6 heteroatoms. The summed E-state index contributed by atoms with van der Waals surface area (Å²) in [6, 6.07) is 7.38. The number of halogens is 1. The van der Waals surface area contributed by atoms with Crippen molar-refractivity contribution >= 4 is 18.3 Å². The third-order valence-corrected chi connectivity index (χ3v) is 3.60. The fourth-order valence-electron chi connectivity index (χ4n) is 2.06. The van der Waals surface area contributed by atoms with Crippen LogP contribution in [0.1, 0.15) is 33.6 Å². The highest BCUT2D eigenvalue weighted by atomic mass is 35.5. The third kappa shape index (κ3) is 9.63. The van der Waals surface area contributed by atoms with Gasteiger partial charge in [-0.3, -0.25) is 4.79 Å². The van der Waals surface area contributed by atoms with E-state index < -0.39 is 0 Å². The van der Waals surface area contributed by atoms with Crippen LogP contribution in [0.5, 0.6) is 11.5 Å². The van der Waals surface area contributed by atoms with Crippen molar-refractivity contribution in [2.24, 2.45) is 0 Å². The van der Waals surface area contributed by atoms with E-state index in [-0.39, 0.29) is 24.9 Å². The first-order chi connectivity index (χ1) is 11.2. The average Bonchev–Trinajstić information content (AvgIpc) is 2.58. The van der Waals surface area contributed by atoms with Crippen LogP contribution in [0.25, 0.3) is 0 Å². The monoisotopic (exact) mass is 358 g/mol. The lowest BCUT2D eigenvalue weighted by molar-refractivity contribution is -0.123. The Morgan fingerprint density at radius 2 is 1.62 bits per heavy atom. The summed E-state index contributed by atoms with van der Waals surface area (Å²) in [6.45, 7) is 10.6. The van der Waals surface area contributed by atoms with E-state index in [2.05, 4.69) is 31.0 Å². The van der Waals surface area contributed by atoms with Crippen LogP contribution >= 0.6 is 12.4 Å². The summed E-state index contributed by atoms with van der Waals surface area (Å²) in [4.78, 5) is 14.0. The SMILES string of the molecule is CCCCOc1ccc(OCC(=O)NCCN(CC)CC)cc1.Cl. The Kier molecular flexibility index (Phi) is 13.1. The Balaban J connectivity index is 0.00000529. The fraction of sp³-hybridized carbons (Fsp3) is 0.611. The summed E-state index contributed by atoms with van der Waals surface area (Å²) in [7, 11) is 0. The van der Waals surface area contributed by atoms with Crippen LogP contribution in [0, 0.1) is 0 Å². The average molecular weight is 359 g/mol. The molecule has 0 radical (unpaired) electrons. The molecule has 0 aliphatic rings. The van der Waals surface area contributed by atoms with Gasteiger partial charge < -0.3 is 19.7 Å². The number of benzene rings is 1. The molecule has 0 atom stereocenters. The Hall–Kier alpha value is -1.46. The van der Waals surface area contributed by atoms with Crippen molar-refractivity contribution in [2.45, 2.75) is 33.6 Å². The number of likely N-dealkylation sites (N-methyl/N-ethyl adjacent to an activating group) is 1. The number of nitrogens with zero attached hydrogens (tertiary/aromatic N) is 1. The second-order valence-corrected chi connectivity index (χ2v) is 5.34. The lowest BCUT2D eigenvalue weighted by Crippen LogP contribution is -2.36. The minimum Gasteiger partial charge on any atom is -0.494 e. The van der Waals surface area contributed by atoms with Crippen LogP contribution in [0.15, 0.2) is 24.3 Å². The van der Waals surface area contributed by atoms with Crippen molar-refractivity contribution in [3.63, 3.8) is 0 Å². The molecule has 5 nitrogen and oxygen atoms in total. The lowest BCUT2D eigenvalue weighted by atomic mass is 10.3. The maximum atomic E-state index is 11.7. The number of unbranched alkanes of at least 4 members (excludes halogenated alkanes) is 1. The van der Waals surface area contributed by atoms with Crippen molar-refractivity contribution in [1.29, 1.82) is 0 Å². The summed E-state index contributed by atoms with van der Waals surface area (Å²) >= 11 is 0. The molecular formula is C18H31ClN2O3. The first kappa shape index (κ1) is 22.5. The van der Waals surface area contributed by atoms with Crippen LogP contribution < -0.4 is 14.8 Å². The molecule has 1 aromatic carbocycles. The second kappa shape index (κ2) is 13.9. The maximum Gasteiger partial charge on any atom is 0.257 e. The maximum absolute atomic E-state index is 11.7. The Morgan fingerprint density at radius 3 is 2.17 bits per heavy atom. The number of carbonyl (C=O) groups excluding carboxylic acids is 1. The smallest absolute Gasteiger partial charge is 0.257 e. The zero-order chi connectivity index (χ0) is 16.9. The molecule has 0 saturated heterocycles. The highest BCUT2D eigenvalue weighted by Gasteiger charge is 2.04. The third-order valence-electron chi connectivity index (χ3n) is 3.60. The van der Waals surface area contributed by atoms with Crippen LogP contribution in [-0.4, -0.2) is 50.2 Å². The Morgan fingerprint density at radius 1 is 1.04 bits per heavy atom. The summed E-state index contributed by atoms with van der Waals surface area (Å²) < 4.78 is 11.1. The van der Waals surface area contributed by atoms with E-state index in [1.165, 1.54) is 0 Å². The van der Waals surface area contributed by atoms with E-state index in [9.17, 15) is 4.79 Å². The predicted octanol–water partition coefficient (Wildman–Crippen LogP) is 3.12. The molecule has 24 heavy (non-hydrogen) atoms. The molecule has 0 aromatic heterocycles. The number of ether oxygens (including phenoxy) is 2. The van der Waals surface area contributed by atoms with Crippen molar-refractivity contribution in [2.75, 3.05) is 39.4 Å². The molecule has 0 aliphatic heterocycles. The summed E-state index contributed by atoms with van der Waals surface area (Å²) in [6.07, 6.45) is 2.16. The number of hydrogen-bond acceptors (Lipinski definition) is 4. The van der Waals surface area contributed by atoms with Crippen molar-refractivity contribution in [3.8, 4) is 11.5 Å². The topological polar surface area (TPSA) is 50.8 Å². The van der Waals surface area contributed by atoms with Gasteiger partial charge in [0, 0.05) is 13.1 Å². The van der Waals surface area contributed by atoms with Gasteiger partial charge in [0.05, 0.1) is 6.61 Å². The molecule has 0 aliphatic carbocycles. The van der Waals surface area contributed by atoms with Crippen molar-refractivity contribution < 1.29 is 14.3 Å². The molecule has 0 spiro atoms. The number of hydrogen-bond donors (Lipinski definition) is 1. The van der Waals surface area contributed by atoms with Crippen LogP contribution in [0.2, 0.25) is 0 Å². The molecule has 1 rings (SSSR count). The largest absolute Gasteiger partial charge is 0.494 e. The Bertz CT molecular complexity index is 436. The van der Waals surface area contributed by atoms with E-state index in [1.54, 1.807) is 0 Å².